The summed E-state index contributed by atoms with van der Waals surface area (Å²) in [5.74, 6) is 0.881. The fraction of sp³-hybridized carbons (Fsp3) is 0.188. The summed E-state index contributed by atoms with van der Waals surface area (Å²) in [6.45, 7) is 4.53. The third-order valence-corrected chi connectivity index (χ3v) is 3.49. The van der Waals surface area contributed by atoms with Gasteiger partial charge < -0.3 is 4.74 Å². The van der Waals surface area contributed by atoms with Crippen LogP contribution in [0.25, 0.3) is 0 Å². The van der Waals surface area contributed by atoms with Gasteiger partial charge in [-0.15, -0.1) is 0 Å². The zero-order valence-electron chi connectivity index (χ0n) is 10.9. The summed E-state index contributed by atoms with van der Waals surface area (Å²) >= 11 is 3.43. The van der Waals surface area contributed by atoms with Crippen molar-refractivity contribution < 1.29 is 4.74 Å². The van der Waals surface area contributed by atoms with Gasteiger partial charge in [-0.2, -0.15) is 5.26 Å². The molecule has 0 radical (unpaired) electrons. The van der Waals surface area contributed by atoms with E-state index < -0.39 is 0 Å². The maximum Gasteiger partial charge on any atom is 0.122 e. The Morgan fingerprint density at radius 3 is 2.53 bits per heavy atom. The number of aryl methyl sites for hydroxylation is 2. The molecular weight excluding hydrogens is 302 g/mol. The second-order valence-electron chi connectivity index (χ2n) is 4.45. The molecule has 0 spiro atoms. The van der Waals surface area contributed by atoms with Gasteiger partial charge in [0.05, 0.1) is 11.6 Å². The van der Waals surface area contributed by atoms with Crippen LogP contribution in [0.1, 0.15) is 22.3 Å². The van der Waals surface area contributed by atoms with Gasteiger partial charge in [-0.05, 0) is 60.9 Å². The van der Waals surface area contributed by atoms with Crippen LogP contribution in [0.2, 0.25) is 0 Å². The molecule has 0 heterocycles. The first-order chi connectivity index (χ1) is 9.10. The molecule has 2 rings (SSSR count). The number of nitriles is 1. The summed E-state index contributed by atoms with van der Waals surface area (Å²) in [6.07, 6.45) is 0. The van der Waals surface area contributed by atoms with Crippen molar-refractivity contribution in [2.75, 3.05) is 0 Å². The molecule has 3 heteroatoms. The van der Waals surface area contributed by atoms with Crippen LogP contribution in [0.4, 0.5) is 0 Å². The van der Waals surface area contributed by atoms with Crippen LogP contribution in [0.3, 0.4) is 0 Å². The lowest BCUT2D eigenvalue weighted by atomic mass is 10.1. The lowest BCUT2D eigenvalue weighted by Gasteiger charge is -2.11. The van der Waals surface area contributed by atoms with Crippen molar-refractivity contribution in [3.8, 4) is 11.8 Å². The highest BCUT2D eigenvalue weighted by Gasteiger charge is 2.04. The van der Waals surface area contributed by atoms with Gasteiger partial charge in [-0.25, -0.2) is 0 Å². The van der Waals surface area contributed by atoms with Gasteiger partial charge in [0.25, 0.3) is 0 Å². The molecule has 0 aliphatic carbocycles. The molecule has 0 aliphatic rings. The molecule has 2 aromatic rings. The standard InChI is InChI=1S/C16H14BrNO/c1-11-7-13(9-18)3-4-14(11)10-19-16-6-5-15(17)8-12(16)2/h3-8H,10H2,1-2H3. The first kappa shape index (κ1) is 13.6. The Balaban J connectivity index is 2.13. The minimum absolute atomic E-state index is 0.514. The first-order valence-electron chi connectivity index (χ1n) is 5.99. The Kier molecular flexibility index (Phi) is 4.24. The number of nitrogens with zero attached hydrogens (tertiary/aromatic N) is 1. The van der Waals surface area contributed by atoms with E-state index in [1.165, 1.54) is 0 Å². The fourth-order valence-electron chi connectivity index (χ4n) is 1.86. The molecule has 0 saturated heterocycles. The predicted molar refractivity (Wildman–Crippen MR) is 79.1 cm³/mol. The largest absolute Gasteiger partial charge is 0.489 e. The Bertz CT molecular complexity index is 644. The van der Waals surface area contributed by atoms with Crippen LogP contribution < -0.4 is 4.74 Å². The molecule has 0 N–H and O–H groups in total. The Morgan fingerprint density at radius 1 is 1.11 bits per heavy atom. The van der Waals surface area contributed by atoms with Gasteiger partial charge >= 0.3 is 0 Å². The van der Waals surface area contributed by atoms with E-state index in [4.69, 9.17) is 10.00 Å². The van der Waals surface area contributed by atoms with Crippen molar-refractivity contribution in [2.45, 2.75) is 20.5 Å². The van der Waals surface area contributed by atoms with E-state index in [9.17, 15) is 0 Å². The average molecular weight is 316 g/mol. The molecule has 96 valence electrons. The topological polar surface area (TPSA) is 33.0 Å². The van der Waals surface area contributed by atoms with Crippen LogP contribution in [0.5, 0.6) is 5.75 Å². The quantitative estimate of drug-likeness (QED) is 0.834. The van der Waals surface area contributed by atoms with Crippen LogP contribution in [-0.2, 0) is 6.61 Å². The highest BCUT2D eigenvalue weighted by atomic mass is 79.9. The second kappa shape index (κ2) is 5.90. The molecule has 2 aromatic carbocycles. The van der Waals surface area contributed by atoms with Gasteiger partial charge in [0.2, 0.25) is 0 Å². The van der Waals surface area contributed by atoms with Crippen molar-refractivity contribution in [3.05, 3.63) is 63.1 Å². The third kappa shape index (κ3) is 3.36. The second-order valence-corrected chi connectivity index (χ2v) is 5.37. The SMILES string of the molecule is Cc1cc(C#N)ccc1COc1ccc(Br)cc1C. The molecule has 0 unspecified atom stereocenters. The van der Waals surface area contributed by atoms with Crippen LogP contribution in [-0.4, -0.2) is 0 Å². The minimum Gasteiger partial charge on any atom is -0.489 e. The number of rotatable bonds is 3. The van der Waals surface area contributed by atoms with E-state index in [1.54, 1.807) is 0 Å². The third-order valence-electron chi connectivity index (χ3n) is 2.99. The molecular formula is C16H14BrNO. The first-order valence-corrected chi connectivity index (χ1v) is 6.78. The lowest BCUT2D eigenvalue weighted by molar-refractivity contribution is 0.303. The Labute approximate surface area is 121 Å². The minimum atomic E-state index is 0.514. The van der Waals surface area contributed by atoms with Crippen LogP contribution in [0.15, 0.2) is 40.9 Å². The summed E-state index contributed by atoms with van der Waals surface area (Å²) in [6, 6.07) is 13.7. The lowest BCUT2D eigenvalue weighted by Crippen LogP contribution is -1.99. The van der Waals surface area contributed by atoms with Gasteiger partial charge in [0.15, 0.2) is 0 Å². The maximum absolute atomic E-state index is 8.84. The van der Waals surface area contributed by atoms with E-state index >= 15 is 0 Å². The monoisotopic (exact) mass is 315 g/mol. The summed E-state index contributed by atoms with van der Waals surface area (Å²) in [5.41, 5.74) is 3.96. The molecule has 0 bridgehead atoms. The molecule has 19 heavy (non-hydrogen) atoms. The van der Waals surface area contributed by atoms with Gasteiger partial charge in [-0.1, -0.05) is 22.0 Å². The van der Waals surface area contributed by atoms with Gasteiger partial charge in [0.1, 0.15) is 12.4 Å². The van der Waals surface area contributed by atoms with Crippen molar-refractivity contribution in [3.63, 3.8) is 0 Å². The van der Waals surface area contributed by atoms with E-state index in [0.29, 0.717) is 12.2 Å². The molecule has 0 saturated carbocycles. The fourth-order valence-corrected chi connectivity index (χ4v) is 2.33. The highest BCUT2D eigenvalue weighted by molar-refractivity contribution is 9.10. The van der Waals surface area contributed by atoms with Crippen molar-refractivity contribution in [1.29, 1.82) is 5.26 Å². The smallest absolute Gasteiger partial charge is 0.122 e. The molecule has 2 nitrogen and oxygen atoms in total. The van der Waals surface area contributed by atoms with Gasteiger partial charge in [0, 0.05) is 4.47 Å². The molecule has 0 amide bonds. The number of ether oxygens (including phenoxy) is 1. The normalized spacial score (nSPS) is 10.0. The zero-order chi connectivity index (χ0) is 13.8. The number of hydrogen-bond donors (Lipinski definition) is 0. The molecule has 0 fully saturated rings. The predicted octanol–water partition coefficient (Wildman–Crippen LogP) is 4.52. The maximum atomic E-state index is 8.84. The summed E-state index contributed by atoms with van der Waals surface area (Å²) in [4.78, 5) is 0. The summed E-state index contributed by atoms with van der Waals surface area (Å²) in [7, 11) is 0. The number of halogens is 1. The van der Waals surface area contributed by atoms with Crippen molar-refractivity contribution >= 4 is 15.9 Å². The summed E-state index contributed by atoms with van der Waals surface area (Å²) in [5, 5.41) is 8.84. The number of benzene rings is 2. The number of hydrogen-bond acceptors (Lipinski definition) is 2. The van der Waals surface area contributed by atoms with Crippen molar-refractivity contribution in [1.82, 2.24) is 0 Å². The molecule has 0 aromatic heterocycles. The zero-order valence-corrected chi connectivity index (χ0v) is 12.5. The highest BCUT2D eigenvalue weighted by Crippen LogP contribution is 2.23. The van der Waals surface area contributed by atoms with E-state index in [-0.39, 0.29) is 0 Å². The van der Waals surface area contributed by atoms with Gasteiger partial charge in [-0.3, -0.25) is 0 Å². The van der Waals surface area contributed by atoms with E-state index in [0.717, 1.165) is 26.9 Å². The van der Waals surface area contributed by atoms with E-state index in [2.05, 4.69) is 22.0 Å². The van der Waals surface area contributed by atoms with Crippen LogP contribution >= 0.6 is 15.9 Å². The Hall–Kier alpha value is -1.79. The average Bonchev–Trinajstić information content (AvgIpc) is 2.39. The molecule has 0 aliphatic heterocycles. The van der Waals surface area contributed by atoms with Crippen LogP contribution in [0, 0.1) is 25.2 Å². The Morgan fingerprint density at radius 2 is 1.89 bits per heavy atom. The van der Waals surface area contributed by atoms with E-state index in [1.807, 2.05) is 50.2 Å². The molecule has 0 atom stereocenters. The summed E-state index contributed by atoms with van der Waals surface area (Å²) < 4.78 is 6.88. The van der Waals surface area contributed by atoms with Crippen molar-refractivity contribution in [2.24, 2.45) is 0 Å².